The predicted molar refractivity (Wildman–Crippen MR) is 112 cm³/mol. The first-order chi connectivity index (χ1) is 13.6. The molecule has 1 fully saturated rings. The van der Waals surface area contributed by atoms with Crippen molar-refractivity contribution in [2.24, 2.45) is 4.99 Å². The van der Waals surface area contributed by atoms with Crippen molar-refractivity contribution >= 4 is 5.96 Å². The van der Waals surface area contributed by atoms with Crippen molar-refractivity contribution in [1.29, 1.82) is 0 Å². The standard InChI is InChI=1S/C22H32N4O2/c1-16(2)21-13-20(28-26-21)15-25-22(23-3)24-14-17-9-11-19(12-10-17)27-18-7-5-4-6-8-18/h9-13,16,18H,4-8,14-15H2,1-3H3,(H2,23,24,25). The molecular weight excluding hydrogens is 352 g/mol. The number of rotatable bonds is 7. The Morgan fingerprint density at radius 3 is 2.50 bits per heavy atom. The molecule has 28 heavy (non-hydrogen) atoms. The fourth-order valence-electron chi connectivity index (χ4n) is 3.32. The molecule has 1 aliphatic rings. The third kappa shape index (κ3) is 6.01. The number of hydrogen-bond donors (Lipinski definition) is 2. The summed E-state index contributed by atoms with van der Waals surface area (Å²) in [6.45, 7) is 5.44. The van der Waals surface area contributed by atoms with Crippen LogP contribution in [0.15, 0.2) is 39.8 Å². The second kappa shape index (κ2) is 10.2. The van der Waals surface area contributed by atoms with E-state index in [0.717, 1.165) is 23.2 Å². The van der Waals surface area contributed by atoms with E-state index in [9.17, 15) is 0 Å². The van der Waals surface area contributed by atoms with Crippen molar-refractivity contribution in [3.05, 3.63) is 47.3 Å². The van der Waals surface area contributed by atoms with E-state index in [-0.39, 0.29) is 0 Å². The lowest BCUT2D eigenvalue weighted by molar-refractivity contribution is 0.155. The van der Waals surface area contributed by atoms with Gasteiger partial charge in [0.2, 0.25) is 0 Å². The number of aromatic nitrogens is 1. The highest BCUT2D eigenvalue weighted by Crippen LogP contribution is 2.23. The number of hydrogen-bond acceptors (Lipinski definition) is 4. The van der Waals surface area contributed by atoms with E-state index < -0.39 is 0 Å². The fourth-order valence-corrected chi connectivity index (χ4v) is 3.32. The van der Waals surface area contributed by atoms with Crippen LogP contribution in [0.1, 0.15) is 68.9 Å². The molecule has 0 atom stereocenters. The van der Waals surface area contributed by atoms with Crippen molar-refractivity contribution < 1.29 is 9.26 Å². The second-order valence-electron chi connectivity index (χ2n) is 7.67. The Balaban J connectivity index is 1.43. The summed E-state index contributed by atoms with van der Waals surface area (Å²) in [5.74, 6) is 2.85. The largest absolute Gasteiger partial charge is 0.490 e. The summed E-state index contributed by atoms with van der Waals surface area (Å²) in [4.78, 5) is 4.26. The van der Waals surface area contributed by atoms with E-state index >= 15 is 0 Å². The Hall–Kier alpha value is -2.50. The Bertz CT molecular complexity index is 746. The molecule has 0 saturated heterocycles. The first-order valence-electron chi connectivity index (χ1n) is 10.3. The van der Waals surface area contributed by atoms with Crippen LogP contribution in [0.4, 0.5) is 0 Å². The van der Waals surface area contributed by atoms with Crippen LogP contribution in [-0.4, -0.2) is 24.3 Å². The molecule has 0 radical (unpaired) electrons. The van der Waals surface area contributed by atoms with Gasteiger partial charge in [-0.15, -0.1) is 0 Å². The van der Waals surface area contributed by atoms with E-state index in [1.54, 1.807) is 7.05 Å². The summed E-state index contributed by atoms with van der Waals surface area (Å²) in [5, 5.41) is 10.7. The zero-order valence-corrected chi connectivity index (χ0v) is 17.2. The summed E-state index contributed by atoms with van der Waals surface area (Å²) in [7, 11) is 1.76. The molecule has 1 aromatic carbocycles. The molecule has 0 aliphatic heterocycles. The van der Waals surface area contributed by atoms with Gasteiger partial charge < -0.3 is 19.9 Å². The average molecular weight is 385 g/mol. The minimum absolute atomic E-state index is 0.361. The topological polar surface area (TPSA) is 71.7 Å². The fraction of sp³-hybridized carbons (Fsp3) is 0.545. The Morgan fingerprint density at radius 2 is 1.86 bits per heavy atom. The maximum Gasteiger partial charge on any atom is 0.191 e. The van der Waals surface area contributed by atoms with Crippen LogP contribution >= 0.6 is 0 Å². The smallest absolute Gasteiger partial charge is 0.191 e. The number of benzene rings is 1. The number of aliphatic imine (C=N–C) groups is 1. The molecule has 0 amide bonds. The van der Waals surface area contributed by atoms with Gasteiger partial charge in [0, 0.05) is 19.7 Å². The highest BCUT2D eigenvalue weighted by Gasteiger charge is 2.14. The average Bonchev–Trinajstić information content (AvgIpc) is 3.19. The van der Waals surface area contributed by atoms with Gasteiger partial charge in [0.1, 0.15) is 5.75 Å². The molecule has 6 heteroatoms. The van der Waals surface area contributed by atoms with Crippen molar-refractivity contribution in [1.82, 2.24) is 15.8 Å². The molecule has 2 aromatic rings. The van der Waals surface area contributed by atoms with Gasteiger partial charge in [-0.25, -0.2) is 0 Å². The molecule has 1 aliphatic carbocycles. The Labute approximate surface area is 167 Å². The van der Waals surface area contributed by atoms with E-state index in [1.807, 2.05) is 6.07 Å². The molecule has 0 spiro atoms. The Kier molecular flexibility index (Phi) is 7.34. The highest BCUT2D eigenvalue weighted by atomic mass is 16.5. The molecule has 1 aromatic heterocycles. The number of ether oxygens (including phenoxy) is 1. The molecule has 6 nitrogen and oxygen atoms in total. The van der Waals surface area contributed by atoms with Crippen molar-refractivity contribution in [2.45, 2.75) is 71.1 Å². The van der Waals surface area contributed by atoms with Crippen LogP contribution < -0.4 is 15.4 Å². The Morgan fingerprint density at radius 1 is 1.14 bits per heavy atom. The third-order valence-electron chi connectivity index (χ3n) is 5.06. The normalized spacial score (nSPS) is 15.6. The summed E-state index contributed by atoms with van der Waals surface area (Å²) in [6, 6.07) is 10.3. The van der Waals surface area contributed by atoms with Crippen molar-refractivity contribution in [3.63, 3.8) is 0 Å². The SMILES string of the molecule is CN=C(NCc1ccc(OC2CCCCC2)cc1)NCc1cc(C(C)C)no1. The maximum atomic E-state index is 6.09. The van der Waals surface area contributed by atoms with Crippen molar-refractivity contribution in [3.8, 4) is 5.75 Å². The van der Waals surface area contributed by atoms with Crippen LogP contribution in [0.2, 0.25) is 0 Å². The first-order valence-corrected chi connectivity index (χ1v) is 10.3. The van der Waals surface area contributed by atoms with Gasteiger partial charge in [-0.05, 0) is 49.3 Å². The zero-order chi connectivity index (χ0) is 19.8. The minimum atomic E-state index is 0.361. The summed E-state index contributed by atoms with van der Waals surface area (Å²) >= 11 is 0. The molecule has 1 saturated carbocycles. The number of guanidine groups is 1. The van der Waals surface area contributed by atoms with Gasteiger partial charge in [0.15, 0.2) is 11.7 Å². The van der Waals surface area contributed by atoms with Gasteiger partial charge in [-0.2, -0.15) is 0 Å². The molecule has 3 rings (SSSR count). The van der Waals surface area contributed by atoms with Gasteiger partial charge in [0.25, 0.3) is 0 Å². The van der Waals surface area contributed by atoms with E-state index in [1.165, 1.54) is 37.7 Å². The quantitative estimate of drug-likeness (QED) is 0.548. The predicted octanol–water partition coefficient (Wildman–Crippen LogP) is 4.37. The van der Waals surface area contributed by atoms with Gasteiger partial charge in [-0.1, -0.05) is 37.6 Å². The molecular formula is C22H32N4O2. The van der Waals surface area contributed by atoms with Crippen LogP contribution in [0.5, 0.6) is 5.75 Å². The van der Waals surface area contributed by atoms with E-state index in [4.69, 9.17) is 9.26 Å². The molecule has 1 heterocycles. The minimum Gasteiger partial charge on any atom is -0.490 e. The second-order valence-corrected chi connectivity index (χ2v) is 7.67. The summed E-state index contributed by atoms with van der Waals surface area (Å²) in [5.41, 5.74) is 2.15. The van der Waals surface area contributed by atoms with Gasteiger partial charge >= 0.3 is 0 Å². The maximum absolute atomic E-state index is 6.09. The first kappa shape index (κ1) is 20.2. The highest BCUT2D eigenvalue weighted by molar-refractivity contribution is 5.79. The lowest BCUT2D eigenvalue weighted by atomic mass is 9.98. The third-order valence-corrected chi connectivity index (χ3v) is 5.06. The van der Waals surface area contributed by atoms with Gasteiger partial charge in [-0.3, -0.25) is 4.99 Å². The van der Waals surface area contributed by atoms with E-state index in [2.05, 4.69) is 58.9 Å². The lowest BCUT2D eigenvalue weighted by Crippen LogP contribution is -2.36. The molecule has 0 unspecified atom stereocenters. The lowest BCUT2D eigenvalue weighted by Gasteiger charge is -2.23. The summed E-state index contributed by atoms with van der Waals surface area (Å²) < 4.78 is 11.4. The van der Waals surface area contributed by atoms with Gasteiger partial charge in [0.05, 0.1) is 18.3 Å². The van der Waals surface area contributed by atoms with Crippen LogP contribution in [0, 0.1) is 0 Å². The molecule has 152 valence electrons. The van der Waals surface area contributed by atoms with E-state index in [0.29, 0.717) is 25.1 Å². The molecule has 0 bridgehead atoms. The van der Waals surface area contributed by atoms with Crippen LogP contribution in [0.25, 0.3) is 0 Å². The monoisotopic (exact) mass is 384 g/mol. The number of nitrogens with zero attached hydrogens (tertiary/aromatic N) is 2. The van der Waals surface area contributed by atoms with Crippen LogP contribution in [-0.2, 0) is 13.1 Å². The molecule has 2 N–H and O–H groups in total. The zero-order valence-electron chi connectivity index (χ0n) is 17.2. The summed E-state index contributed by atoms with van der Waals surface area (Å²) in [6.07, 6.45) is 6.64. The van der Waals surface area contributed by atoms with Crippen LogP contribution in [0.3, 0.4) is 0 Å². The number of nitrogens with one attached hydrogen (secondary N) is 2. The van der Waals surface area contributed by atoms with Crippen molar-refractivity contribution in [2.75, 3.05) is 7.05 Å².